The molecule has 4 aromatic rings. The number of nitrogens with two attached hydrogens (primary N) is 1. The van der Waals surface area contributed by atoms with E-state index in [-0.39, 0.29) is 22.9 Å². The molecule has 3 N–H and O–H groups in total. The van der Waals surface area contributed by atoms with Crippen LogP contribution in [0.2, 0.25) is 0 Å². The number of halogens is 4. The largest absolute Gasteiger partial charge is 0.462 e. The van der Waals surface area contributed by atoms with Gasteiger partial charge in [0.2, 0.25) is 17.9 Å². The highest BCUT2D eigenvalue weighted by Gasteiger charge is 2.43. The molecule has 39 heavy (non-hydrogen) atoms. The van der Waals surface area contributed by atoms with Crippen molar-refractivity contribution in [3.05, 3.63) is 90.2 Å². The lowest BCUT2D eigenvalue weighted by Gasteiger charge is -2.22. The predicted molar refractivity (Wildman–Crippen MR) is 134 cm³/mol. The Bertz CT molecular complexity index is 1490. The molecule has 1 amide bonds. The van der Waals surface area contributed by atoms with Gasteiger partial charge in [-0.05, 0) is 35.4 Å². The van der Waals surface area contributed by atoms with Gasteiger partial charge in [-0.15, -0.1) is 0 Å². The summed E-state index contributed by atoms with van der Waals surface area (Å²) in [7, 11) is 1.07. The fraction of sp³-hybridized carbons (Fsp3) is 0.111. The van der Waals surface area contributed by atoms with Crippen LogP contribution in [-0.4, -0.2) is 35.1 Å². The number of hydrogen-bond acceptors (Lipinski definition) is 7. The average molecular weight is 540 g/mol. The molecular formula is C27H20F4N4O4. The van der Waals surface area contributed by atoms with Crippen LogP contribution in [0, 0.1) is 5.82 Å². The molecule has 8 nitrogen and oxygen atoms in total. The zero-order valence-corrected chi connectivity index (χ0v) is 20.2. The maximum atomic E-state index is 14.0. The first-order chi connectivity index (χ1) is 18.5. The molecule has 0 spiro atoms. The first kappa shape index (κ1) is 27.0. The van der Waals surface area contributed by atoms with Crippen molar-refractivity contribution in [3.63, 3.8) is 0 Å². The Morgan fingerprint density at radius 1 is 0.897 bits per heavy atom. The molecule has 1 aromatic heterocycles. The summed E-state index contributed by atoms with van der Waals surface area (Å²) in [5, 5.41) is 2.33. The number of amides is 1. The minimum atomic E-state index is -4.81. The standard InChI is InChI=1S/C27H20F4N4O4/c1-38-25(37)24(36)33-20-11-9-16(10-12-20)21-14-22(35-26(32)34-21)39-23(27(29,30)31)17-7-5-15(6-8-17)18-3-2-4-19(28)13-18/h2-14,23H,1H3,(H,33,36)(H2,32,34,35). The zero-order chi connectivity index (χ0) is 28.2. The number of alkyl halides is 3. The van der Waals surface area contributed by atoms with Gasteiger partial charge in [0.1, 0.15) is 5.82 Å². The molecule has 1 heterocycles. The molecule has 4 rings (SSSR count). The van der Waals surface area contributed by atoms with E-state index in [1.807, 2.05) is 0 Å². The van der Waals surface area contributed by atoms with Gasteiger partial charge in [0.05, 0.1) is 12.8 Å². The number of ether oxygens (including phenoxy) is 2. The number of nitrogens with one attached hydrogen (secondary N) is 1. The van der Waals surface area contributed by atoms with Crippen LogP contribution in [0.15, 0.2) is 78.9 Å². The Kier molecular flexibility index (Phi) is 7.75. The van der Waals surface area contributed by atoms with Crippen molar-refractivity contribution in [2.45, 2.75) is 12.3 Å². The molecule has 0 bridgehead atoms. The number of aromatic nitrogens is 2. The normalized spacial score (nSPS) is 11.9. The van der Waals surface area contributed by atoms with E-state index in [9.17, 15) is 27.2 Å². The van der Waals surface area contributed by atoms with Gasteiger partial charge in [0, 0.05) is 22.9 Å². The Morgan fingerprint density at radius 2 is 1.56 bits per heavy atom. The van der Waals surface area contributed by atoms with Crippen molar-refractivity contribution in [1.29, 1.82) is 0 Å². The second-order valence-corrected chi connectivity index (χ2v) is 8.14. The number of anilines is 2. The van der Waals surface area contributed by atoms with E-state index in [1.165, 1.54) is 72.8 Å². The number of carbonyl (C=O) groups is 2. The van der Waals surface area contributed by atoms with Crippen molar-refractivity contribution in [2.75, 3.05) is 18.2 Å². The molecule has 0 fully saturated rings. The van der Waals surface area contributed by atoms with Crippen molar-refractivity contribution in [3.8, 4) is 28.3 Å². The molecule has 200 valence electrons. The lowest BCUT2D eigenvalue weighted by atomic mass is 10.0. The quantitative estimate of drug-likeness (QED) is 0.193. The van der Waals surface area contributed by atoms with Gasteiger partial charge in [-0.3, -0.25) is 4.79 Å². The van der Waals surface area contributed by atoms with E-state index >= 15 is 0 Å². The van der Waals surface area contributed by atoms with Crippen LogP contribution in [0.4, 0.5) is 29.2 Å². The maximum Gasteiger partial charge on any atom is 0.429 e. The molecule has 0 saturated heterocycles. The van der Waals surface area contributed by atoms with Gasteiger partial charge in [0.15, 0.2) is 0 Å². The minimum absolute atomic E-state index is 0.158. The number of nitrogens with zero attached hydrogens (tertiary/aromatic N) is 2. The summed E-state index contributed by atoms with van der Waals surface area (Å²) in [5.74, 6) is -3.27. The van der Waals surface area contributed by atoms with E-state index in [0.29, 0.717) is 16.7 Å². The minimum Gasteiger partial charge on any atom is -0.462 e. The number of hydrogen-bond donors (Lipinski definition) is 2. The molecule has 1 atom stereocenters. The van der Waals surface area contributed by atoms with Gasteiger partial charge < -0.3 is 20.5 Å². The summed E-state index contributed by atoms with van der Waals surface area (Å²) in [5.41, 5.74) is 7.43. The Balaban J connectivity index is 1.57. The summed E-state index contributed by atoms with van der Waals surface area (Å²) in [6.07, 6.45) is -7.18. The second-order valence-electron chi connectivity index (χ2n) is 8.14. The van der Waals surface area contributed by atoms with Crippen molar-refractivity contribution >= 4 is 23.5 Å². The van der Waals surface area contributed by atoms with Gasteiger partial charge in [0.25, 0.3) is 0 Å². The number of nitrogen functional groups attached to an aromatic ring is 1. The smallest absolute Gasteiger partial charge is 0.429 e. The Morgan fingerprint density at radius 3 is 2.18 bits per heavy atom. The highest BCUT2D eigenvalue weighted by atomic mass is 19.4. The lowest BCUT2D eigenvalue weighted by Crippen LogP contribution is -2.26. The third kappa shape index (κ3) is 6.66. The predicted octanol–water partition coefficient (Wildman–Crippen LogP) is 5.33. The number of methoxy groups -OCH3 is 1. The lowest BCUT2D eigenvalue weighted by molar-refractivity contribution is -0.198. The summed E-state index contributed by atoms with van der Waals surface area (Å²) in [6, 6.07) is 18.1. The number of esters is 1. The van der Waals surface area contributed by atoms with E-state index in [0.717, 1.165) is 7.11 Å². The molecule has 0 radical (unpaired) electrons. The molecule has 12 heteroatoms. The van der Waals surface area contributed by atoms with Crippen LogP contribution >= 0.6 is 0 Å². The van der Waals surface area contributed by atoms with Gasteiger partial charge in [-0.1, -0.05) is 48.5 Å². The monoisotopic (exact) mass is 540 g/mol. The van der Waals surface area contributed by atoms with Crippen LogP contribution in [0.3, 0.4) is 0 Å². The number of benzene rings is 3. The van der Waals surface area contributed by atoms with E-state index in [1.54, 1.807) is 6.07 Å². The third-order valence-corrected chi connectivity index (χ3v) is 5.44. The average Bonchev–Trinajstić information content (AvgIpc) is 2.91. The topological polar surface area (TPSA) is 116 Å². The van der Waals surface area contributed by atoms with Crippen molar-refractivity contribution in [2.24, 2.45) is 0 Å². The van der Waals surface area contributed by atoms with Gasteiger partial charge in [-0.2, -0.15) is 18.2 Å². The van der Waals surface area contributed by atoms with Gasteiger partial charge >= 0.3 is 18.1 Å². The highest BCUT2D eigenvalue weighted by molar-refractivity contribution is 6.37. The SMILES string of the molecule is COC(=O)C(=O)Nc1ccc(-c2cc(OC(c3ccc(-c4cccc(F)c4)cc3)C(F)(F)F)nc(N)n2)cc1. The molecule has 0 aliphatic rings. The number of rotatable bonds is 6. The molecule has 3 aromatic carbocycles. The molecular weight excluding hydrogens is 520 g/mol. The van der Waals surface area contributed by atoms with E-state index in [4.69, 9.17) is 10.5 Å². The third-order valence-electron chi connectivity index (χ3n) is 5.44. The molecule has 0 aliphatic heterocycles. The van der Waals surface area contributed by atoms with Crippen molar-refractivity contribution < 1.29 is 36.6 Å². The van der Waals surface area contributed by atoms with E-state index in [2.05, 4.69) is 20.0 Å². The first-order valence-electron chi connectivity index (χ1n) is 11.3. The summed E-state index contributed by atoms with van der Waals surface area (Å²) < 4.78 is 65.1. The summed E-state index contributed by atoms with van der Waals surface area (Å²) >= 11 is 0. The van der Waals surface area contributed by atoms with Crippen LogP contribution < -0.4 is 15.8 Å². The first-order valence-corrected chi connectivity index (χ1v) is 11.3. The molecule has 0 saturated carbocycles. The molecule has 1 unspecified atom stereocenters. The zero-order valence-electron chi connectivity index (χ0n) is 20.2. The Labute approximate surface area is 219 Å². The van der Waals surface area contributed by atoms with E-state index < -0.39 is 35.9 Å². The van der Waals surface area contributed by atoms with Gasteiger partial charge in [-0.25, -0.2) is 14.2 Å². The van der Waals surface area contributed by atoms with Crippen molar-refractivity contribution in [1.82, 2.24) is 9.97 Å². The fourth-order valence-electron chi connectivity index (χ4n) is 3.61. The van der Waals surface area contributed by atoms with Crippen LogP contribution in [-0.2, 0) is 14.3 Å². The Hall–Kier alpha value is -5.00. The maximum absolute atomic E-state index is 14.0. The van der Waals surface area contributed by atoms with Crippen LogP contribution in [0.25, 0.3) is 22.4 Å². The number of carbonyl (C=O) groups excluding carboxylic acids is 2. The molecule has 0 aliphatic carbocycles. The summed E-state index contributed by atoms with van der Waals surface area (Å²) in [4.78, 5) is 30.7. The van der Waals surface area contributed by atoms with Crippen LogP contribution in [0.5, 0.6) is 5.88 Å². The highest BCUT2D eigenvalue weighted by Crippen LogP contribution is 2.38. The summed E-state index contributed by atoms with van der Waals surface area (Å²) in [6.45, 7) is 0. The van der Waals surface area contributed by atoms with Crippen LogP contribution in [0.1, 0.15) is 11.7 Å². The fourth-order valence-corrected chi connectivity index (χ4v) is 3.61. The second kappa shape index (κ2) is 11.2.